The number of ether oxygens (including phenoxy) is 3. The molecule has 0 radical (unpaired) electrons. The van der Waals surface area contributed by atoms with E-state index in [0.29, 0.717) is 35.1 Å². The van der Waals surface area contributed by atoms with Crippen molar-refractivity contribution >= 4 is 40.6 Å². The number of imide groups is 1. The summed E-state index contributed by atoms with van der Waals surface area (Å²) in [6.45, 7) is 3.88. The van der Waals surface area contributed by atoms with E-state index >= 15 is 0 Å². The molecule has 0 bridgehead atoms. The SMILES string of the molecule is CCOc1ccc(NC(=O)CN2C(=O)S/C(=C/c3ccc(OC)c(C)c3OC)C2=O)cc1. The van der Waals surface area contributed by atoms with Crippen LogP contribution in [0.25, 0.3) is 6.08 Å². The number of carbonyl (C=O) groups is 3. The normalized spacial score (nSPS) is 14.6. The molecule has 2 aromatic carbocycles. The third kappa shape index (κ3) is 5.05. The second-order valence-corrected chi connectivity index (χ2v) is 7.78. The first-order chi connectivity index (χ1) is 15.4. The van der Waals surface area contributed by atoms with Crippen LogP contribution in [0.5, 0.6) is 17.2 Å². The second-order valence-electron chi connectivity index (χ2n) is 6.79. The number of nitrogens with one attached hydrogen (secondary N) is 1. The van der Waals surface area contributed by atoms with Crippen molar-refractivity contribution in [2.45, 2.75) is 13.8 Å². The van der Waals surface area contributed by atoms with Crippen molar-refractivity contribution in [3.05, 3.63) is 52.4 Å². The molecule has 3 rings (SSSR count). The number of amides is 3. The van der Waals surface area contributed by atoms with Crippen molar-refractivity contribution in [3.8, 4) is 17.2 Å². The summed E-state index contributed by atoms with van der Waals surface area (Å²) in [6, 6.07) is 10.3. The molecule has 32 heavy (non-hydrogen) atoms. The quantitative estimate of drug-likeness (QED) is 0.598. The van der Waals surface area contributed by atoms with E-state index in [4.69, 9.17) is 14.2 Å². The molecule has 1 N–H and O–H groups in total. The zero-order chi connectivity index (χ0) is 23.3. The van der Waals surface area contributed by atoms with E-state index in [-0.39, 0.29) is 11.4 Å². The summed E-state index contributed by atoms with van der Waals surface area (Å²) in [7, 11) is 3.08. The van der Waals surface area contributed by atoms with E-state index in [2.05, 4.69) is 5.32 Å². The summed E-state index contributed by atoms with van der Waals surface area (Å²) in [5.74, 6) is 0.876. The summed E-state index contributed by atoms with van der Waals surface area (Å²) in [5.41, 5.74) is 1.95. The molecular formula is C23H24N2O6S. The Morgan fingerprint density at radius 2 is 1.81 bits per heavy atom. The summed E-state index contributed by atoms with van der Waals surface area (Å²) >= 11 is 0.783. The molecule has 168 valence electrons. The number of anilines is 1. The highest BCUT2D eigenvalue weighted by Gasteiger charge is 2.36. The lowest BCUT2D eigenvalue weighted by Gasteiger charge is -2.13. The zero-order valence-electron chi connectivity index (χ0n) is 18.3. The van der Waals surface area contributed by atoms with Crippen LogP contribution in [0, 0.1) is 6.92 Å². The Bertz CT molecular complexity index is 1060. The second kappa shape index (κ2) is 10.2. The van der Waals surface area contributed by atoms with E-state index in [1.807, 2.05) is 13.8 Å². The molecule has 1 fully saturated rings. The fourth-order valence-corrected chi connectivity index (χ4v) is 4.05. The van der Waals surface area contributed by atoms with Gasteiger partial charge in [-0.3, -0.25) is 19.3 Å². The Labute approximate surface area is 190 Å². The molecule has 0 spiro atoms. The molecule has 0 saturated carbocycles. The van der Waals surface area contributed by atoms with Crippen LogP contribution in [0.3, 0.4) is 0 Å². The average Bonchev–Trinajstić information content (AvgIpc) is 3.03. The highest BCUT2D eigenvalue weighted by Crippen LogP contribution is 2.37. The number of carbonyl (C=O) groups excluding carboxylic acids is 3. The Kier molecular flexibility index (Phi) is 7.42. The number of hydrogen-bond acceptors (Lipinski definition) is 7. The maximum atomic E-state index is 12.8. The van der Waals surface area contributed by atoms with Gasteiger partial charge >= 0.3 is 0 Å². The molecule has 1 heterocycles. The largest absolute Gasteiger partial charge is 0.496 e. The van der Waals surface area contributed by atoms with Gasteiger partial charge < -0.3 is 19.5 Å². The molecule has 0 aliphatic carbocycles. The lowest BCUT2D eigenvalue weighted by molar-refractivity contribution is -0.127. The summed E-state index contributed by atoms with van der Waals surface area (Å²) in [5, 5.41) is 2.17. The predicted molar refractivity (Wildman–Crippen MR) is 123 cm³/mol. The fourth-order valence-electron chi connectivity index (χ4n) is 3.22. The molecule has 0 atom stereocenters. The van der Waals surface area contributed by atoms with Crippen molar-refractivity contribution in [2.75, 3.05) is 32.7 Å². The molecule has 3 amide bonds. The third-order valence-electron chi connectivity index (χ3n) is 4.72. The third-order valence-corrected chi connectivity index (χ3v) is 5.63. The minimum absolute atomic E-state index is 0.215. The van der Waals surface area contributed by atoms with Gasteiger partial charge in [-0.2, -0.15) is 0 Å². The van der Waals surface area contributed by atoms with Gasteiger partial charge in [-0.05, 0) is 68.1 Å². The van der Waals surface area contributed by atoms with E-state index in [0.717, 1.165) is 22.2 Å². The van der Waals surface area contributed by atoms with Gasteiger partial charge in [0, 0.05) is 16.8 Å². The first-order valence-electron chi connectivity index (χ1n) is 9.87. The van der Waals surface area contributed by atoms with Crippen LogP contribution in [0.4, 0.5) is 10.5 Å². The standard InChI is InChI=1S/C23H24N2O6S/c1-5-31-17-9-7-16(8-10-17)24-20(26)13-25-22(27)19(32-23(25)28)12-15-6-11-18(29-3)14(2)21(15)30-4/h6-12H,5,13H2,1-4H3,(H,24,26)/b19-12+. The van der Waals surface area contributed by atoms with Crippen molar-refractivity contribution in [1.82, 2.24) is 4.90 Å². The lowest BCUT2D eigenvalue weighted by atomic mass is 10.1. The van der Waals surface area contributed by atoms with Gasteiger partial charge in [0.05, 0.1) is 25.7 Å². The number of rotatable bonds is 8. The Morgan fingerprint density at radius 1 is 1.09 bits per heavy atom. The molecule has 1 saturated heterocycles. The van der Waals surface area contributed by atoms with Crippen molar-refractivity contribution in [2.24, 2.45) is 0 Å². The van der Waals surface area contributed by atoms with Crippen molar-refractivity contribution < 1.29 is 28.6 Å². The summed E-state index contributed by atoms with van der Waals surface area (Å²) < 4.78 is 16.1. The Hall–Kier alpha value is -3.46. The lowest BCUT2D eigenvalue weighted by Crippen LogP contribution is -2.36. The van der Waals surface area contributed by atoms with Crippen LogP contribution < -0.4 is 19.5 Å². The molecule has 1 aliphatic rings. The van der Waals surface area contributed by atoms with Gasteiger partial charge in [0.25, 0.3) is 11.1 Å². The minimum atomic E-state index is -0.530. The van der Waals surface area contributed by atoms with Crippen LogP contribution >= 0.6 is 11.8 Å². The Morgan fingerprint density at radius 3 is 2.44 bits per heavy atom. The summed E-state index contributed by atoms with van der Waals surface area (Å²) in [6.07, 6.45) is 1.58. The van der Waals surface area contributed by atoms with E-state index in [1.54, 1.807) is 49.6 Å². The van der Waals surface area contributed by atoms with Gasteiger partial charge in [0.15, 0.2) is 0 Å². The van der Waals surface area contributed by atoms with Crippen LogP contribution in [-0.2, 0) is 9.59 Å². The minimum Gasteiger partial charge on any atom is -0.496 e. The topological polar surface area (TPSA) is 94.2 Å². The number of hydrogen-bond donors (Lipinski definition) is 1. The van der Waals surface area contributed by atoms with Gasteiger partial charge in [0.1, 0.15) is 23.8 Å². The van der Waals surface area contributed by atoms with Crippen molar-refractivity contribution in [1.29, 1.82) is 0 Å². The van der Waals surface area contributed by atoms with Gasteiger partial charge in [-0.25, -0.2) is 0 Å². The molecular weight excluding hydrogens is 432 g/mol. The molecule has 1 aliphatic heterocycles. The maximum Gasteiger partial charge on any atom is 0.294 e. The van der Waals surface area contributed by atoms with Gasteiger partial charge in [-0.15, -0.1) is 0 Å². The number of benzene rings is 2. The van der Waals surface area contributed by atoms with Gasteiger partial charge in [0.2, 0.25) is 5.91 Å². The van der Waals surface area contributed by atoms with Crippen molar-refractivity contribution in [3.63, 3.8) is 0 Å². The monoisotopic (exact) mass is 456 g/mol. The zero-order valence-corrected chi connectivity index (χ0v) is 19.1. The average molecular weight is 457 g/mol. The van der Waals surface area contributed by atoms with Crippen LogP contribution in [0.2, 0.25) is 0 Å². The van der Waals surface area contributed by atoms with E-state index in [9.17, 15) is 14.4 Å². The van der Waals surface area contributed by atoms with Crippen LogP contribution in [0.15, 0.2) is 41.3 Å². The van der Waals surface area contributed by atoms with E-state index < -0.39 is 17.1 Å². The van der Waals surface area contributed by atoms with Gasteiger partial charge in [-0.1, -0.05) is 0 Å². The van der Waals surface area contributed by atoms with E-state index in [1.165, 1.54) is 7.11 Å². The maximum absolute atomic E-state index is 12.8. The molecule has 2 aromatic rings. The predicted octanol–water partition coefficient (Wildman–Crippen LogP) is 4.09. The first kappa shape index (κ1) is 23.2. The summed E-state index contributed by atoms with van der Waals surface area (Å²) in [4.78, 5) is 38.7. The molecule has 0 aromatic heterocycles. The van der Waals surface area contributed by atoms with Crippen LogP contribution in [0.1, 0.15) is 18.1 Å². The first-order valence-corrected chi connectivity index (χ1v) is 10.7. The Balaban J connectivity index is 1.72. The molecule has 8 nitrogen and oxygen atoms in total. The highest BCUT2D eigenvalue weighted by atomic mass is 32.2. The number of methoxy groups -OCH3 is 2. The number of nitrogens with zero attached hydrogens (tertiary/aromatic N) is 1. The highest BCUT2D eigenvalue weighted by molar-refractivity contribution is 8.18. The van der Waals surface area contributed by atoms with Crippen LogP contribution in [-0.4, -0.2) is 49.3 Å². The fraction of sp³-hybridized carbons (Fsp3) is 0.261. The molecule has 0 unspecified atom stereocenters. The molecule has 9 heteroatoms. The number of thioether (sulfide) groups is 1. The smallest absolute Gasteiger partial charge is 0.294 e.